The molecule has 18 heavy (non-hydrogen) atoms. The normalized spacial score (nSPS) is 12.8. The zero-order chi connectivity index (χ0) is 13.0. The number of rotatable bonds is 6. The number of aromatic nitrogens is 3. The van der Waals surface area contributed by atoms with Crippen molar-refractivity contribution in [3.63, 3.8) is 0 Å². The van der Waals surface area contributed by atoms with Crippen LogP contribution in [0.5, 0.6) is 0 Å². The van der Waals surface area contributed by atoms with Crippen molar-refractivity contribution in [3.05, 3.63) is 34.3 Å². The monoisotopic (exact) mass is 264 g/mol. The zero-order valence-electron chi connectivity index (χ0n) is 11.2. The van der Waals surface area contributed by atoms with Crippen LogP contribution in [0, 0.1) is 6.92 Å². The molecule has 0 aliphatic heterocycles. The summed E-state index contributed by atoms with van der Waals surface area (Å²) in [6, 6.07) is 0.261. The third-order valence-corrected chi connectivity index (χ3v) is 3.76. The van der Waals surface area contributed by atoms with Gasteiger partial charge >= 0.3 is 0 Å². The van der Waals surface area contributed by atoms with Crippen molar-refractivity contribution in [2.24, 2.45) is 7.05 Å². The molecule has 0 aromatic carbocycles. The van der Waals surface area contributed by atoms with E-state index in [4.69, 9.17) is 0 Å². The van der Waals surface area contributed by atoms with Crippen LogP contribution in [-0.4, -0.2) is 21.1 Å². The lowest BCUT2D eigenvalue weighted by atomic mass is 10.1. The molecular formula is C13H20N4S. The lowest BCUT2D eigenvalue weighted by Crippen LogP contribution is -2.24. The van der Waals surface area contributed by atoms with E-state index < -0.39 is 0 Å². The highest BCUT2D eigenvalue weighted by atomic mass is 32.1. The first-order valence-corrected chi connectivity index (χ1v) is 7.19. The average molecular weight is 264 g/mol. The zero-order valence-corrected chi connectivity index (χ0v) is 12.0. The van der Waals surface area contributed by atoms with Gasteiger partial charge in [-0.2, -0.15) is 0 Å². The molecule has 0 amide bonds. The Hall–Kier alpha value is -1.20. The molecule has 5 heteroatoms. The number of aryl methyl sites for hydroxylation is 2. The standard InChI is InChI=1S/C13H20N4S/c1-4-5-14-11(12-7-17(3)9-15-12)6-13-16-10(2)8-18-13/h7-9,11,14H,4-6H2,1-3H3. The Morgan fingerprint density at radius 1 is 1.50 bits per heavy atom. The Morgan fingerprint density at radius 2 is 2.33 bits per heavy atom. The number of hydrogen-bond acceptors (Lipinski definition) is 4. The molecule has 0 saturated carbocycles. The van der Waals surface area contributed by atoms with Crippen molar-refractivity contribution in [3.8, 4) is 0 Å². The SMILES string of the molecule is CCCNC(Cc1nc(C)cs1)c1cn(C)cn1. The maximum Gasteiger partial charge on any atom is 0.0947 e. The van der Waals surface area contributed by atoms with Crippen LogP contribution in [-0.2, 0) is 13.5 Å². The summed E-state index contributed by atoms with van der Waals surface area (Å²) in [6.45, 7) is 5.22. The lowest BCUT2D eigenvalue weighted by molar-refractivity contribution is 0.518. The fraction of sp³-hybridized carbons (Fsp3) is 0.538. The predicted molar refractivity (Wildman–Crippen MR) is 74.8 cm³/mol. The van der Waals surface area contributed by atoms with Crippen LogP contribution >= 0.6 is 11.3 Å². The second-order valence-corrected chi connectivity index (χ2v) is 5.50. The van der Waals surface area contributed by atoms with Gasteiger partial charge in [-0.1, -0.05) is 6.92 Å². The summed E-state index contributed by atoms with van der Waals surface area (Å²) in [4.78, 5) is 8.98. The summed E-state index contributed by atoms with van der Waals surface area (Å²) in [6.07, 6.45) is 5.96. The van der Waals surface area contributed by atoms with Crippen LogP contribution in [0.3, 0.4) is 0 Å². The molecule has 0 aliphatic rings. The number of nitrogens with one attached hydrogen (secondary N) is 1. The van der Waals surface area contributed by atoms with Gasteiger partial charge in [0.05, 0.1) is 23.1 Å². The van der Waals surface area contributed by atoms with E-state index in [-0.39, 0.29) is 6.04 Å². The maximum atomic E-state index is 4.53. The molecular weight excluding hydrogens is 244 g/mol. The number of thiazole rings is 1. The van der Waals surface area contributed by atoms with Crippen molar-refractivity contribution >= 4 is 11.3 Å². The summed E-state index contributed by atoms with van der Waals surface area (Å²) >= 11 is 1.73. The minimum atomic E-state index is 0.261. The fourth-order valence-corrected chi connectivity index (χ4v) is 2.70. The first-order valence-electron chi connectivity index (χ1n) is 6.31. The Kier molecular flexibility index (Phi) is 4.49. The number of nitrogens with zero attached hydrogens (tertiary/aromatic N) is 3. The van der Waals surface area contributed by atoms with Crippen LogP contribution < -0.4 is 5.32 Å². The van der Waals surface area contributed by atoms with E-state index >= 15 is 0 Å². The maximum absolute atomic E-state index is 4.53. The van der Waals surface area contributed by atoms with Gasteiger partial charge in [0.25, 0.3) is 0 Å². The second-order valence-electron chi connectivity index (χ2n) is 4.56. The van der Waals surface area contributed by atoms with Gasteiger partial charge in [-0.05, 0) is 19.9 Å². The number of hydrogen-bond donors (Lipinski definition) is 1. The summed E-state index contributed by atoms with van der Waals surface area (Å²) in [5.41, 5.74) is 2.20. The molecule has 2 heterocycles. The van der Waals surface area contributed by atoms with Gasteiger partial charge in [0, 0.05) is 30.7 Å². The second kappa shape index (κ2) is 6.11. The van der Waals surface area contributed by atoms with E-state index in [1.807, 2.05) is 24.9 Å². The Balaban J connectivity index is 2.09. The topological polar surface area (TPSA) is 42.7 Å². The molecule has 1 atom stereocenters. The highest BCUT2D eigenvalue weighted by molar-refractivity contribution is 7.09. The summed E-state index contributed by atoms with van der Waals surface area (Å²) in [7, 11) is 2.00. The quantitative estimate of drug-likeness (QED) is 0.871. The number of imidazole rings is 1. The molecule has 0 radical (unpaired) electrons. The van der Waals surface area contributed by atoms with E-state index in [0.29, 0.717) is 0 Å². The van der Waals surface area contributed by atoms with Crippen LogP contribution in [0.15, 0.2) is 17.9 Å². The molecule has 2 aromatic heterocycles. The molecule has 98 valence electrons. The van der Waals surface area contributed by atoms with Gasteiger partial charge in [-0.3, -0.25) is 0 Å². The first kappa shape index (κ1) is 13.2. The molecule has 1 unspecified atom stereocenters. The molecule has 0 spiro atoms. The van der Waals surface area contributed by atoms with Crippen molar-refractivity contribution in [2.45, 2.75) is 32.7 Å². The van der Waals surface area contributed by atoms with Gasteiger partial charge in [0.2, 0.25) is 0 Å². The van der Waals surface area contributed by atoms with Gasteiger partial charge in [-0.15, -0.1) is 11.3 Å². The Bertz CT molecular complexity index is 489. The highest BCUT2D eigenvalue weighted by Gasteiger charge is 2.15. The van der Waals surface area contributed by atoms with E-state index in [2.05, 4.69) is 33.8 Å². The molecule has 4 nitrogen and oxygen atoms in total. The van der Waals surface area contributed by atoms with Crippen LogP contribution in [0.2, 0.25) is 0 Å². The van der Waals surface area contributed by atoms with Crippen LogP contribution in [0.25, 0.3) is 0 Å². The predicted octanol–water partition coefficient (Wildman–Crippen LogP) is 2.47. The third kappa shape index (κ3) is 3.40. The summed E-state index contributed by atoms with van der Waals surface area (Å²) in [5, 5.41) is 6.82. The molecule has 0 bridgehead atoms. The highest BCUT2D eigenvalue weighted by Crippen LogP contribution is 2.19. The van der Waals surface area contributed by atoms with Gasteiger partial charge in [-0.25, -0.2) is 9.97 Å². The van der Waals surface area contributed by atoms with E-state index in [9.17, 15) is 0 Å². The molecule has 0 aliphatic carbocycles. The van der Waals surface area contributed by atoms with Crippen molar-refractivity contribution < 1.29 is 0 Å². The summed E-state index contributed by atoms with van der Waals surface area (Å²) < 4.78 is 1.99. The van der Waals surface area contributed by atoms with E-state index in [1.54, 1.807) is 11.3 Å². The van der Waals surface area contributed by atoms with Crippen molar-refractivity contribution in [2.75, 3.05) is 6.54 Å². The minimum Gasteiger partial charge on any atom is -0.340 e. The average Bonchev–Trinajstić information content (AvgIpc) is 2.93. The largest absolute Gasteiger partial charge is 0.340 e. The molecule has 0 saturated heterocycles. The Morgan fingerprint density at radius 3 is 2.89 bits per heavy atom. The van der Waals surface area contributed by atoms with Crippen molar-refractivity contribution in [1.82, 2.24) is 19.9 Å². The molecule has 1 N–H and O–H groups in total. The third-order valence-electron chi connectivity index (χ3n) is 2.77. The molecule has 0 fully saturated rings. The van der Waals surface area contributed by atoms with Crippen LogP contribution in [0.4, 0.5) is 0 Å². The minimum absolute atomic E-state index is 0.261. The van der Waals surface area contributed by atoms with Crippen LogP contribution in [0.1, 0.15) is 35.8 Å². The first-order chi connectivity index (χ1) is 8.69. The fourth-order valence-electron chi connectivity index (χ4n) is 1.88. The Labute approximate surface area is 112 Å². The lowest BCUT2D eigenvalue weighted by Gasteiger charge is -2.14. The smallest absolute Gasteiger partial charge is 0.0947 e. The molecule has 2 aromatic rings. The van der Waals surface area contributed by atoms with Crippen molar-refractivity contribution in [1.29, 1.82) is 0 Å². The van der Waals surface area contributed by atoms with E-state index in [0.717, 1.165) is 30.8 Å². The van der Waals surface area contributed by atoms with E-state index in [1.165, 1.54) is 5.01 Å². The molecule has 2 rings (SSSR count). The van der Waals surface area contributed by atoms with Gasteiger partial charge in [0.1, 0.15) is 0 Å². The van der Waals surface area contributed by atoms with Gasteiger partial charge in [0.15, 0.2) is 0 Å². The van der Waals surface area contributed by atoms with Gasteiger partial charge < -0.3 is 9.88 Å². The summed E-state index contributed by atoms with van der Waals surface area (Å²) in [5.74, 6) is 0.